The highest BCUT2D eigenvalue weighted by Gasteiger charge is 2.21. The van der Waals surface area contributed by atoms with E-state index in [0.29, 0.717) is 3.57 Å². The van der Waals surface area contributed by atoms with Gasteiger partial charge in [0.25, 0.3) is 10.0 Å². The maximum atomic E-state index is 12.2. The van der Waals surface area contributed by atoms with Gasteiger partial charge in [0.2, 0.25) is 17.7 Å². The van der Waals surface area contributed by atoms with Crippen molar-refractivity contribution in [2.24, 2.45) is 0 Å². The molecule has 0 saturated carbocycles. The van der Waals surface area contributed by atoms with E-state index in [-0.39, 0.29) is 22.6 Å². The van der Waals surface area contributed by atoms with Crippen LogP contribution in [0, 0.1) is 3.57 Å². The minimum atomic E-state index is -4.03. The predicted molar refractivity (Wildman–Crippen MR) is 93.6 cm³/mol. The average Bonchev–Trinajstić information content (AvgIpc) is 2.53. The highest BCUT2D eigenvalue weighted by Crippen LogP contribution is 2.18. The first-order valence-corrected chi connectivity index (χ1v) is 8.97. The zero-order valence-corrected chi connectivity index (χ0v) is 15.6. The molecule has 0 radical (unpaired) electrons. The van der Waals surface area contributed by atoms with Gasteiger partial charge in [-0.15, -0.1) is 0 Å². The smallest absolute Gasteiger partial charge is 0.335 e. The van der Waals surface area contributed by atoms with E-state index in [2.05, 4.69) is 15.3 Å². The fourth-order valence-electron chi connectivity index (χ4n) is 1.64. The van der Waals surface area contributed by atoms with Crippen LogP contribution in [-0.4, -0.2) is 38.6 Å². The lowest BCUT2D eigenvalue weighted by Gasteiger charge is -2.10. The Morgan fingerprint density at radius 1 is 1.12 bits per heavy atom. The molecule has 2 N–H and O–H groups in total. The van der Waals surface area contributed by atoms with Crippen LogP contribution in [0.4, 0.5) is 10.7 Å². The molecule has 0 unspecified atom stereocenters. The zero-order chi connectivity index (χ0) is 17.7. The van der Waals surface area contributed by atoms with E-state index in [4.69, 9.17) is 9.47 Å². The Hall–Kier alpha value is -2.15. The molecule has 2 aromatic rings. The lowest BCUT2D eigenvalue weighted by Crippen LogP contribution is -2.35. The van der Waals surface area contributed by atoms with Crippen LogP contribution >= 0.6 is 22.6 Å². The molecule has 0 aliphatic carbocycles. The van der Waals surface area contributed by atoms with Crippen LogP contribution in [0.2, 0.25) is 0 Å². The molecule has 1 heterocycles. The van der Waals surface area contributed by atoms with Gasteiger partial charge in [0.05, 0.1) is 20.3 Å². The van der Waals surface area contributed by atoms with E-state index in [9.17, 15) is 13.2 Å². The Morgan fingerprint density at radius 3 is 2.25 bits per heavy atom. The molecule has 0 aliphatic heterocycles. The average molecular weight is 464 g/mol. The molecular formula is C13H13IN4O5S. The van der Waals surface area contributed by atoms with Crippen molar-refractivity contribution >= 4 is 44.6 Å². The Kier molecular flexibility index (Phi) is 5.77. The fraction of sp³-hybridized carbons (Fsp3) is 0.154. The molecule has 24 heavy (non-hydrogen) atoms. The van der Waals surface area contributed by atoms with Crippen LogP contribution in [0.3, 0.4) is 0 Å². The zero-order valence-electron chi connectivity index (χ0n) is 12.6. The number of rotatable bonds is 5. The summed E-state index contributed by atoms with van der Waals surface area (Å²) in [5.41, 5.74) is 0. The first-order chi connectivity index (χ1) is 11.4. The Balaban J connectivity index is 2.18. The molecule has 2 rings (SSSR count). The number of aromatic nitrogens is 2. The molecule has 0 bridgehead atoms. The summed E-state index contributed by atoms with van der Waals surface area (Å²) >= 11 is 1.87. The van der Waals surface area contributed by atoms with Gasteiger partial charge in [-0.2, -0.15) is 9.97 Å². The van der Waals surface area contributed by atoms with E-state index in [1.807, 2.05) is 27.3 Å². The third kappa shape index (κ3) is 4.44. The summed E-state index contributed by atoms with van der Waals surface area (Å²) in [6, 6.07) is 6.66. The summed E-state index contributed by atoms with van der Waals surface area (Å²) in [6.07, 6.45) is 0. The number of methoxy groups -OCH3 is 2. The van der Waals surface area contributed by atoms with Crippen molar-refractivity contribution in [1.29, 1.82) is 0 Å². The van der Waals surface area contributed by atoms with Crippen LogP contribution in [-0.2, 0) is 10.0 Å². The predicted octanol–water partition coefficient (Wildman–Crippen LogP) is 1.61. The van der Waals surface area contributed by atoms with E-state index < -0.39 is 16.1 Å². The molecule has 0 saturated heterocycles. The van der Waals surface area contributed by atoms with Crippen molar-refractivity contribution in [3.63, 3.8) is 0 Å². The lowest BCUT2D eigenvalue weighted by atomic mass is 10.4. The van der Waals surface area contributed by atoms with Crippen molar-refractivity contribution in [3.05, 3.63) is 33.9 Å². The number of carbonyl (C=O) groups is 1. The van der Waals surface area contributed by atoms with Gasteiger partial charge in [0, 0.05) is 3.57 Å². The van der Waals surface area contributed by atoms with E-state index >= 15 is 0 Å². The normalized spacial score (nSPS) is 10.8. The monoisotopic (exact) mass is 464 g/mol. The van der Waals surface area contributed by atoms with Gasteiger partial charge in [-0.05, 0) is 34.7 Å². The molecule has 0 aliphatic rings. The van der Waals surface area contributed by atoms with Gasteiger partial charge in [-0.3, -0.25) is 5.32 Å². The van der Waals surface area contributed by atoms with E-state index in [0.717, 1.165) is 0 Å². The fourth-order valence-corrected chi connectivity index (χ4v) is 3.88. The first kappa shape index (κ1) is 18.2. The number of benzene rings is 1. The van der Waals surface area contributed by atoms with Crippen molar-refractivity contribution in [2.45, 2.75) is 4.90 Å². The second-order valence-electron chi connectivity index (χ2n) is 4.27. The van der Waals surface area contributed by atoms with Gasteiger partial charge in [-0.1, -0.05) is 12.1 Å². The number of ether oxygens (including phenoxy) is 2. The minimum Gasteiger partial charge on any atom is -0.481 e. The maximum absolute atomic E-state index is 12.2. The topological polar surface area (TPSA) is 120 Å². The maximum Gasteiger partial charge on any atom is 0.335 e. The highest BCUT2D eigenvalue weighted by molar-refractivity contribution is 14.1. The number of carbonyl (C=O) groups excluding carboxylic acids is 1. The Labute approximate surface area is 152 Å². The quantitative estimate of drug-likeness (QED) is 0.646. The molecular weight excluding hydrogens is 451 g/mol. The largest absolute Gasteiger partial charge is 0.481 e. The van der Waals surface area contributed by atoms with Crippen molar-refractivity contribution < 1.29 is 22.7 Å². The second kappa shape index (κ2) is 7.61. The molecule has 0 fully saturated rings. The van der Waals surface area contributed by atoms with Crippen LogP contribution < -0.4 is 19.5 Å². The van der Waals surface area contributed by atoms with Crippen LogP contribution in [0.15, 0.2) is 35.2 Å². The molecule has 0 atom stereocenters. The summed E-state index contributed by atoms with van der Waals surface area (Å²) in [4.78, 5) is 19.7. The van der Waals surface area contributed by atoms with Crippen LogP contribution in [0.1, 0.15) is 0 Å². The number of nitrogens with one attached hydrogen (secondary N) is 2. The summed E-state index contributed by atoms with van der Waals surface area (Å²) in [6.45, 7) is 0. The van der Waals surface area contributed by atoms with Crippen molar-refractivity contribution in [1.82, 2.24) is 14.7 Å². The van der Waals surface area contributed by atoms with Gasteiger partial charge < -0.3 is 9.47 Å². The molecule has 2 amide bonds. The van der Waals surface area contributed by atoms with Crippen LogP contribution in [0.5, 0.6) is 11.8 Å². The molecule has 0 spiro atoms. The van der Waals surface area contributed by atoms with Gasteiger partial charge in [-0.25, -0.2) is 17.9 Å². The molecule has 128 valence electrons. The SMILES string of the molecule is COc1cc(OC)nc(NC(=O)NS(=O)(=O)c2ccccc2I)n1. The number of hydrogen-bond acceptors (Lipinski definition) is 7. The van der Waals surface area contributed by atoms with Gasteiger partial charge in [0.1, 0.15) is 4.90 Å². The molecule has 9 nitrogen and oxygen atoms in total. The number of halogens is 1. The first-order valence-electron chi connectivity index (χ1n) is 6.41. The molecule has 1 aromatic heterocycles. The third-order valence-electron chi connectivity index (χ3n) is 2.68. The highest BCUT2D eigenvalue weighted by atomic mass is 127. The second-order valence-corrected chi connectivity index (χ2v) is 7.08. The molecule has 11 heteroatoms. The Morgan fingerprint density at radius 2 is 1.71 bits per heavy atom. The summed E-state index contributed by atoms with van der Waals surface area (Å²) in [7, 11) is -1.26. The van der Waals surface area contributed by atoms with Gasteiger partial charge >= 0.3 is 6.03 Å². The summed E-state index contributed by atoms with van der Waals surface area (Å²) in [5, 5.41) is 2.22. The van der Waals surface area contributed by atoms with Crippen molar-refractivity contribution in [2.75, 3.05) is 19.5 Å². The minimum absolute atomic E-state index is 0.00936. The van der Waals surface area contributed by atoms with Crippen LogP contribution in [0.25, 0.3) is 0 Å². The summed E-state index contributed by atoms with van der Waals surface area (Å²) in [5.74, 6) is 0.136. The Bertz CT molecular complexity index is 837. The van der Waals surface area contributed by atoms with Gasteiger partial charge in [0.15, 0.2) is 0 Å². The van der Waals surface area contributed by atoms with E-state index in [1.165, 1.54) is 26.4 Å². The third-order valence-corrected chi connectivity index (χ3v) is 5.37. The number of sulfonamides is 1. The number of urea groups is 1. The number of anilines is 1. The number of hydrogen-bond donors (Lipinski definition) is 2. The number of nitrogens with zero attached hydrogens (tertiary/aromatic N) is 2. The number of amides is 2. The van der Waals surface area contributed by atoms with E-state index in [1.54, 1.807) is 18.2 Å². The standard InChI is InChI=1S/C13H13IN4O5S/c1-22-10-7-11(23-2)16-12(15-10)17-13(19)18-24(20,21)9-6-4-3-5-8(9)14/h3-7H,1-2H3,(H2,15,16,17,18,19). The van der Waals surface area contributed by atoms with Crippen molar-refractivity contribution in [3.8, 4) is 11.8 Å². The lowest BCUT2D eigenvalue weighted by molar-refractivity contribution is 0.256. The summed E-state index contributed by atoms with van der Waals surface area (Å²) < 4.78 is 36.7. The molecule has 1 aromatic carbocycles.